The fraction of sp³-hybridized carbons (Fsp3) is 0.583. The Labute approximate surface area is 205 Å². The molecule has 35 heavy (non-hydrogen) atoms. The quantitative estimate of drug-likeness (QED) is 0.568. The molecule has 3 rings (SSSR count). The third-order valence-corrected chi connectivity index (χ3v) is 5.90. The summed E-state index contributed by atoms with van der Waals surface area (Å²) in [6.07, 6.45) is 1.49. The van der Waals surface area contributed by atoms with Crippen molar-refractivity contribution >= 4 is 23.9 Å². The van der Waals surface area contributed by atoms with Crippen LogP contribution in [-0.4, -0.2) is 101 Å². The lowest BCUT2D eigenvalue weighted by molar-refractivity contribution is -0.159. The molecule has 2 fully saturated rings. The summed E-state index contributed by atoms with van der Waals surface area (Å²) in [5, 5.41) is 14.8. The Morgan fingerprint density at radius 2 is 1.43 bits per heavy atom. The highest BCUT2D eigenvalue weighted by Crippen LogP contribution is 2.25. The van der Waals surface area contributed by atoms with Crippen molar-refractivity contribution in [3.05, 3.63) is 29.8 Å². The van der Waals surface area contributed by atoms with Crippen molar-refractivity contribution in [1.29, 1.82) is 0 Å². The van der Waals surface area contributed by atoms with E-state index in [1.807, 2.05) is 30.0 Å². The fourth-order valence-electron chi connectivity index (χ4n) is 4.09. The average Bonchev–Trinajstić information content (AvgIpc) is 2.86. The van der Waals surface area contributed by atoms with Crippen LogP contribution < -0.4 is 4.74 Å². The van der Waals surface area contributed by atoms with E-state index in [0.717, 1.165) is 38.2 Å². The molecular formula is C24H35N3O8. The summed E-state index contributed by atoms with van der Waals surface area (Å²) in [6, 6.07) is 8.18. The molecule has 2 aliphatic heterocycles. The van der Waals surface area contributed by atoms with E-state index in [4.69, 9.17) is 29.3 Å². The first-order chi connectivity index (χ1) is 16.8. The molecule has 0 aromatic heterocycles. The van der Waals surface area contributed by atoms with Gasteiger partial charge in [-0.25, -0.2) is 14.4 Å². The van der Waals surface area contributed by atoms with E-state index >= 15 is 0 Å². The van der Waals surface area contributed by atoms with Crippen LogP contribution in [0, 0.1) is 5.92 Å². The zero-order valence-electron chi connectivity index (χ0n) is 20.4. The summed E-state index contributed by atoms with van der Waals surface area (Å²) in [7, 11) is 0. The van der Waals surface area contributed by atoms with Gasteiger partial charge in [-0.2, -0.15) is 0 Å². The van der Waals surface area contributed by atoms with Crippen LogP contribution in [0.1, 0.15) is 32.3 Å². The predicted molar refractivity (Wildman–Crippen MR) is 126 cm³/mol. The van der Waals surface area contributed by atoms with Gasteiger partial charge in [0.25, 0.3) is 0 Å². The number of likely N-dealkylation sites (tertiary alicyclic amines) is 1. The molecule has 2 aliphatic rings. The van der Waals surface area contributed by atoms with Crippen molar-refractivity contribution in [3.63, 3.8) is 0 Å². The molecule has 11 nitrogen and oxygen atoms in total. The minimum atomic E-state index is -1.82. The smallest absolute Gasteiger partial charge is 0.414 e. The molecule has 0 atom stereocenters. The van der Waals surface area contributed by atoms with E-state index in [1.165, 1.54) is 5.56 Å². The van der Waals surface area contributed by atoms with Crippen molar-refractivity contribution in [3.8, 4) is 5.75 Å². The summed E-state index contributed by atoms with van der Waals surface area (Å²) < 4.78 is 10.8. The van der Waals surface area contributed by atoms with E-state index in [1.54, 1.807) is 11.8 Å². The number of para-hydroxylation sites is 1. The third kappa shape index (κ3) is 8.75. The van der Waals surface area contributed by atoms with Gasteiger partial charge in [-0.1, -0.05) is 18.2 Å². The molecular weight excluding hydrogens is 458 g/mol. The summed E-state index contributed by atoms with van der Waals surface area (Å²) in [4.78, 5) is 48.9. The third-order valence-electron chi connectivity index (χ3n) is 5.90. The molecule has 1 aromatic carbocycles. The molecule has 2 amide bonds. The van der Waals surface area contributed by atoms with E-state index in [2.05, 4.69) is 11.0 Å². The molecule has 0 unspecified atom stereocenters. The predicted octanol–water partition coefficient (Wildman–Crippen LogP) is 1.75. The van der Waals surface area contributed by atoms with Crippen molar-refractivity contribution in [1.82, 2.24) is 14.7 Å². The summed E-state index contributed by atoms with van der Waals surface area (Å²) in [5.74, 6) is -2.37. The monoisotopic (exact) mass is 493 g/mol. The van der Waals surface area contributed by atoms with Gasteiger partial charge in [0.1, 0.15) is 5.75 Å². The maximum absolute atomic E-state index is 12.9. The largest absolute Gasteiger partial charge is 0.494 e. The van der Waals surface area contributed by atoms with Gasteiger partial charge in [0.2, 0.25) is 5.91 Å². The highest BCUT2D eigenvalue weighted by Gasteiger charge is 2.31. The van der Waals surface area contributed by atoms with Gasteiger partial charge in [0.15, 0.2) is 0 Å². The summed E-state index contributed by atoms with van der Waals surface area (Å²) in [6.45, 7) is 9.84. The van der Waals surface area contributed by atoms with Gasteiger partial charge in [-0.15, -0.1) is 0 Å². The number of carboxylic acids is 2. The second kappa shape index (κ2) is 14.1. The standard InChI is InChI=1S/C22H33N3O4.C2H2O4/c1-3-28-20-8-6-5-7-19(20)17-23-11-9-18(10-12-23)21(26)24-13-15-25(16-14-24)22(27)29-4-2;3-1(4)2(5)6/h5-8,18H,3-4,9-17H2,1-2H3;(H,3,4)(H,5,6). The van der Waals surface area contributed by atoms with E-state index in [9.17, 15) is 9.59 Å². The summed E-state index contributed by atoms with van der Waals surface area (Å²) in [5.41, 5.74) is 1.20. The number of carbonyl (C=O) groups excluding carboxylic acids is 2. The molecule has 11 heteroatoms. The second-order valence-corrected chi connectivity index (χ2v) is 8.21. The Kier molecular flexibility index (Phi) is 11.3. The number of piperidine rings is 1. The number of benzene rings is 1. The van der Waals surface area contributed by atoms with Gasteiger partial charge >= 0.3 is 18.0 Å². The van der Waals surface area contributed by atoms with Crippen LogP contribution in [0.2, 0.25) is 0 Å². The number of nitrogens with zero attached hydrogens (tertiary/aromatic N) is 3. The van der Waals surface area contributed by atoms with Gasteiger partial charge in [0, 0.05) is 44.2 Å². The molecule has 0 bridgehead atoms. The lowest BCUT2D eigenvalue weighted by atomic mass is 9.94. The Hall–Kier alpha value is -3.34. The van der Waals surface area contributed by atoms with Crippen LogP contribution in [0.4, 0.5) is 4.79 Å². The van der Waals surface area contributed by atoms with Crippen LogP contribution in [0.25, 0.3) is 0 Å². The van der Waals surface area contributed by atoms with E-state index < -0.39 is 11.9 Å². The number of carboxylic acid groups (broad SMARTS) is 2. The van der Waals surface area contributed by atoms with Crippen LogP contribution in [0.15, 0.2) is 24.3 Å². The van der Waals surface area contributed by atoms with Crippen molar-refractivity contribution in [2.24, 2.45) is 5.92 Å². The van der Waals surface area contributed by atoms with Crippen molar-refractivity contribution in [2.75, 3.05) is 52.5 Å². The Balaban J connectivity index is 0.000000641. The topological polar surface area (TPSA) is 137 Å². The van der Waals surface area contributed by atoms with Gasteiger partial charge in [0.05, 0.1) is 13.2 Å². The zero-order chi connectivity index (χ0) is 25.8. The molecule has 194 valence electrons. The van der Waals surface area contributed by atoms with Crippen LogP contribution in [0.5, 0.6) is 5.75 Å². The number of piperazine rings is 1. The number of hydrogen-bond donors (Lipinski definition) is 2. The van der Waals surface area contributed by atoms with Crippen LogP contribution in [-0.2, 0) is 25.7 Å². The molecule has 2 N–H and O–H groups in total. The Morgan fingerprint density at radius 1 is 0.857 bits per heavy atom. The molecule has 0 spiro atoms. The Bertz CT molecular complexity index is 850. The number of aliphatic carboxylic acids is 2. The SMILES string of the molecule is CCOC(=O)N1CCN(C(=O)C2CCN(Cc3ccccc3OCC)CC2)CC1.O=C(O)C(=O)O. The molecule has 2 saturated heterocycles. The van der Waals surface area contributed by atoms with Crippen LogP contribution >= 0.6 is 0 Å². The maximum Gasteiger partial charge on any atom is 0.414 e. The maximum atomic E-state index is 12.9. The lowest BCUT2D eigenvalue weighted by Crippen LogP contribution is -2.53. The first kappa shape index (κ1) is 27.9. The number of amides is 2. The molecule has 1 aromatic rings. The first-order valence-corrected chi connectivity index (χ1v) is 11.9. The highest BCUT2D eigenvalue weighted by molar-refractivity contribution is 6.27. The first-order valence-electron chi connectivity index (χ1n) is 11.9. The minimum Gasteiger partial charge on any atom is -0.494 e. The molecule has 0 radical (unpaired) electrons. The van der Waals surface area contributed by atoms with E-state index in [-0.39, 0.29) is 17.9 Å². The summed E-state index contributed by atoms with van der Waals surface area (Å²) >= 11 is 0. The number of rotatable bonds is 6. The van der Waals surface area contributed by atoms with Gasteiger partial charge in [-0.05, 0) is 45.8 Å². The second-order valence-electron chi connectivity index (χ2n) is 8.21. The van der Waals surface area contributed by atoms with Crippen molar-refractivity contribution in [2.45, 2.75) is 33.2 Å². The molecule has 2 heterocycles. The average molecular weight is 494 g/mol. The minimum absolute atomic E-state index is 0.0857. The number of carbonyl (C=O) groups is 4. The van der Waals surface area contributed by atoms with Gasteiger partial charge in [-0.3, -0.25) is 9.69 Å². The molecule has 0 saturated carbocycles. The molecule has 0 aliphatic carbocycles. The van der Waals surface area contributed by atoms with Crippen molar-refractivity contribution < 1.29 is 38.9 Å². The van der Waals surface area contributed by atoms with Gasteiger partial charge < -0.3 is 29.5 Å². The highest BCUT2D eigenvalue weighted by atomic mass is 16.6. The number of ether oxygens (including phenoxy) is 2. The normalized spacial score (nSPS) is 16.6. The zero-order valence-corrected chi connectivity index (χ0v) is 20.4. The number of hydrogen-bond acceptors (Lipinski definition) is 7. The Morgan fingerprint density at radius 3 is 1.97 bits per heavy atom. The lowest BCUT2D eigenvalue weighted by Gasteiger charge is -2.38. The van der Waals surface area contributed by atoms with Crippen LogP contribution in [0.3, 0.4) is 0 Å². The fourth-order valence-corrected chi connectivity index (χ4v) is 4.09. The van der Waals surface area contributed by atoms with E-state index in [0.29, 0.717) is 39.4 Å².